The van der Waals surface area contributed by atoms with Crippen molar-refractivity contribution in [3.63, 3.8) is 0 Å². The molecule has 0 bridgehead atoms. The van der Waals surface area contributed by atoms with Gasteiger partial charge in [-0.2, -0.15) is 0 Å². The molecule has 6 heteroatoms. The van der Waals surface area contributed by atoms with Crippen LogP contribution >= 0.6 is 0 Å². The smallest absolute Gasteiger partial charge is 0.183 e. The Labute approximate surface area is 174 Å². The molecule has 0 aliphatic carbocycles. The maximum atomic E-state index is 5.02. The molecule has 5 rings (SSSR count). The van der Waals surface area contributed by atoms with Crippen LogP contribution in [0.25, 0.3) is 11.3 Å². The molecule has 0 unspecified atom stereocenters. The summed E-state index contributed by atoms with van der Waals surface area (Å²) in [5.74, 6) is 0. The number of rotatable bonds is 2. The summed E-state index contributed by atoms with van der Waals surface area (Å²) in [6.45, 7) is 4.16. The molecule has 0 radical (unpaired) electrons. The molecule has 0 aliphatic rings. The van der Waals surface area contributed by atoms with E-state index in [1.165, 1.54) is 11.1 Å². The Hall–Kier alpha value is -3.80. The highest BCUT2D eigenvalue weighted by molar-refractivity contribution is 5.67. The van der Waals surface area contributed by atoms with E-state index in [-0.39, 0.29) is 0 Å². The van der Waals surface area contributed by atoms with Gasteiger partial charge >= 0.3 is 0 Å². The lowest BCUT2D eigenvalue weighted by Crippen LogP contribution is -2.37. The maximum absolute atomic E-state index is 5.02. The van der Waals surface area contributed by atoms with Gasteiger partial charge in [0.1, 0.15) is 0 Å². The topological polar surface area (TPSA) is 43.4 Å². The van der Waals surface area contributed by atoms with Crippen LogP contribution < -0.4 is 11.0 Å². The summed E-state index contributed by atoms with van der Waals surface area (Å²) in [6, 6.07) is 16.5. The molecule has 0 spiro atoms. The van der Waals surface area contributed by atoms with E-state index >= 15 is 0 Å². The molecule has 0 N–H and O–H groups in total. The Morgan fingerprint density at radius 1 is 0.533 bits per heavy atom. The fraction of sp³-hybridized carbons (Fsp3) is 0.167. The third-order valence-electron chi connectivity index (χ3n) is 5.40. The van der Waals surface area contributed by atoms with Crippen LogP contribution in [-0.2, 0) is 14.1 Å². The summed E-state index contributed by atoms with van der Waals surface area (Å²) in [4.78, 5) is 10.0. The van der Waals surface area contributed by atoms with Crippen LogP contribution in [0.15, 0.2) is 83.3 Å². The van der Waals surface area contributed by atoms with Crippen LogP contribution in [0.3, 0.4) is 0 Å². The molecule has 0 amide bonds. The Kier molecular flexibility index (Phi) is 4.20. The molecule has 0 aliphatic heterocycles. The van der Waals surface area contributed by atoms with E-state index in [1.54, 1.807) is 0 Å². The molecule has 30 heavy (non-hydrogen) atoms. The second-order valence-electron chi connectivity index (χ2n) is 7.75. The Bertz CT molecular complexity index is 1390. The molecular weight excluding hydrogens is 372 g/mol. The molecule has 3 heterocycles. The first kappa shape index (κ1) is 18.2. The fourth-order valence-corrected chi connectivity index (χ4v) is 3.73. The van der Waals surface area contributed by atoms with Gasteiger partial charge < -0.3 is 9.13 Å². The highest BCUT2D eigenvalue weighted by Gasteiger charge is 2.12. The fourth-order valence-electron chi connectivity index (χ4n) is 3.73. The van der Waals surface area contributed by atoms with E-state index in [9.17, 15) is 0 Å². The second kappa shape index (κ2) is 6.91. The van der Waals surface area contributed by atoms with Crippen molar-refractivity contribution in [2.75, 3.05) is 0 Å². The largest absolute Gasteiger partial charge is 0.333 e. The predicted molar refractivity (Wildman–Crippen MR) is 119 cm³/mol. The molecule has 2 aromatic carbocycles. The molecule has 0 fully saturated rings. The number of aryl methyl sites for hydroxylation is 4. The molecule has 0 atom stereocenters. The number of hydrogen-bond acceptors (Lipinski definition) is 2. The van der Waals surface area contributed by atoms with Gasteiger partial charge in [0.15, 0.2) is 22.3 Å². The summed E-state index contributed by atoms with van der Waals surface area (Å²) in [5, 5.41) is 0. The zero-order chi connectivity index (χ0) is 20.8. The molecule has 0 saturated heterocycles. The molecule has 5 aromatic rings. The lowest BCUT2D eigenvalue weighted by Gasteiger charge is -2.07. The molecule has 0 saturated carbocycles. The lowest BCUT2D eigenvalue weighted by molar-refractivity contribution is 0.859. The molecule has 150 valence electrons. The van der Waals surface area contributed by atoms with E-state index in [0.29, 0.717) is 0 Å². The van der Waals surface area contributed by atoms with E-state index in [4.69, 9.17) is 9.98 Å². The van der Waals surface area contributed by atoms with Crippen molar-refractivity contribution in [1.29, 1.82) is 0 Å². The zero-order valence-electron chi connectivity index (χ0n) is 17.6. The zero-order valence-corrected chi connectivity index (χ0v) is 17.6. The molecule has 6 nitrogen and oxygen atoms in total. The van der Waals surface area contributed by atoms with Gasteiger partial charge in [0.05, 0.1) is 11.4 Å². The van der Waals surface area contributed by atoms with E-state index in [2.05, 4.69) is 70.1 Å². The third kappa shape index (κ3) is 2.97. The van der Waals surface area contributed by atoms with Gasteiger partial charge in [-0.25, -0.2) is 9.98 Å². The van der Waals surface area contributed by atoms with Crippen molar-refractivity contribution in [2.45, 2.75) is 13.8 Å². The summed E-state index contributed by atoms with van der Waals surface area (Å²) < 4.78 is 8.45. The Morgan fingerprint density at radius 3 is 1.27 bits per heavy atom. The number of hydrogen-bond donors (Lipinski definition) is 0. The highest BCUT2D eigenvalue weighted by atomic mass is 15.2. The SMILES string of the molecule is Cc1ccc(N=c2c(=Nc3ccc(C)cc3)n3ccn(C)c3c3n(C)ccn23)cc1. The number of imidazole rings is 2. The van der Waals surface area contributed by atoms with Crippen LogP contribution in [0.2, 0.25) is 0 Å². The lowest BCUT2D eigenvalue weighted by atomic mass is 10.2. The van der Waals surface area contributed by atoms with Crippen molar-refractivity contribution in [1.82, 2.24) is 17.9 Å². The number of fused-ring (bicyclic) bond motifs is 3. The van der Waals surface area contributed by atoms with Crippen LogP contribution in [-0.4, -0.2) is 17.9 Å². The van der Waals surface area contributed by atoms with Crippen molar-refractivity contribution in [3.05, 3.63) is 95.4 Å². The van der Waals surface area contributed by atoms with Crippen molar-refractivity contribution < 1.29 is 0 Å². The number of benzene rings is 2. The highest BCUT2D eigenvalue weighted by Crippen LogP contribution is 2.15. The van der Waals surface area contributed by atoms with Crippen LogP contribution in [0, 0.1) is 13.8 Å². The number of aromatic nitrogens is 4. The van der Waals surface area contributed by atoms with Crippen molar-refractivity contribution in [2.24, 2.45) is 24.1 Å². The number of nitrogens with zero attached hydrogens (tertiary/aromatic N) is 6. The standard InChI is InChI=1S/C24H24N6/c1-17-5-9-19(10-6-17)25-21-22(26-20-11-7-18(2)8-12-20)30-16-14-28(4)24(30)23-27(3)13-15-29(21)23/h5-16H,1-4H3. The predicted octanol–water partition coefficient (Wildman–Crippen LogP) is 3.95. The van der Waals surface area contributed by atoms with Crippen LogP contribution in [0.5, 0.6) is 0 Å². The summed E-state index contributed by atoms with van der Waals surface area (Å²) in [7, 11) is 4.10. The Balaban J connectivity index is 1.97. The second-order valence-corrected chi connectivity index (χ2v) is 7.75. The first-order valence-corrected chi connectivity index (χ1v) is 9.97. The van der Waals surface area contributed by atoms with Gasteiger partial charge in [-0.15, -0.1) is 0 Å². The molecular formula is C24H24N6. The van der Waals surface area contributed by atoms with Gasteiger partial charge in [0.25, 0.3) is 0 Å². The van der Waals surface area contributed by atoms with Gasteiger partial charge in [-0.3, -0.25) is 8.80 Å². The van der Waals surface area contributed by atoms with Gasteiger partial charge in [0.2, 0.25) is 0 Å². The first-order valence-electron chi connectivity index (χ1n) is 9.97. The summed E-state index contributed by atoms with van der Waals surface area (Å²) in [5.41, 5.74) is 7.90. The maximum Gasteiger partial charge on any atom is 0.183 e. The van der Waals surface area contributed by atoms with Crippen molar-refractivity contribution in [3.8, 4) is 0 Å². The average molecular weight is 396 g/mol. The monoisotopic (exact) mass is 396 g/mol. The van der Waals surface area contributed by atoms with Crippen LogP contribution in [0.1, 0.15) is 11.1 Å². The minimum Gasteiger partial charge on any atom is -0.333 e. The minimum absolute atomic E-state index is 0.790. The summed E-state index contributed by atoms with van der Waals surface area (Å²) >= 11 is 0. The van der Waals surface area contributed by atoms with Gasteiger partial charge in [0, 0.05) is 38.9 Å². The van der Waals surface area contributed by atoms with Gasteiger partial charge in [-0.1, -0.05) is 35.4 Å². The minimum atomic E-state index is 0.790. The third-order valence-corrected chi connectivity index (χ3v) is 5.40. The van der Waals surface area contributed by atoms with Gasteiger partial charge in [-0.05, 0) is 38.1 Å². The van der Waals surface area contributed by atoms with E-state index in [1.807, 2.05) is 49.1 Å². The summed E-state index contributed by atoms with van der Waals surface area (Å²) in [6.07, 6.45) is 8.19. The van der Waals surface area contributed by atoms with Crippen LogP contribution in [0.4, 0.5) is 11.4 Å². The van der Waals surface area contributed by atoms with E-state index < -0.39 is 0 Å². The Morgan fingerprint density at radius 2 is 0.900 bits per heavy atom. The first-order chi connectivity index (χ1) is 14.5. The quantitative estimate of drug-likeness (QED) is 0.434. The average Bonchev–Trinajstić information content (AvgIpc) is 3.30. The molecule has 3 aromatic heterocycles. The normalized spacial score (nSPS) is 13.1. The van der Waals surface area contributed by atoms with Crippen molar-refractivity contribution >= 4 is 22.7 Å². The van der Waals surface area contributed by atoms with E-state index in [0.717, 1.165) is 33.6 Å².